The van der Waals surface area contributed by atoms with Crippen molar-refractivity contribution in [2.24, 2.45) is 10.9 Å². The highest BCUT2D eigenvalue weighted by atomic mass is 32.2. The number of hydrogen-bond donors (Lipinski definition) is 0. The van der Waals surface area contributed by atoms with E-state index in [1.54, 1.807) is 46.4 Å². The molecule has 0 aromatic heterocycles. The zero-order chi connectivity index (χ0) is 52.9. The van der Waals surface area contributed by atoms with Gasteiger partial charge in [0.05, 0.1) is 51.4 Å². The summed E-state index contributed by atoms with van der Waals surface area (Å²) in [6.45, 7) is 11.2. The van der Waals surface area contributed by atoms with E-state index in [-0.39, 0.29) is 42.1 Å². The SMILES string of the molecule is CC(C)OP(OC(C)C)(OC(C)C)=C(C(=O)OCc1ccc([N+](=O)[O-])cc1)N1C(=O)C(C(C)OC(=O)OCc2ccc([N+](=O)[O-])cc2)C1CC(=O)SC1CCN(C=NC(=O)OCc2ccc([N+](=O)[O-])cc2)C1. The number of β-lactam (4-membered cyclic amide) rings is 1. The number of nitro benzene ring substituents is 3. The minimum Gasteiger partial charge on any atom is -0.456 e. The van der Waals surface area contributed by atoms with E-state index in [4.69, 9.17) is 32.5 Å². The fourth-order valence-corrected chi connectivity index (χ4v) is 11.4. The summed E-state index contributed by atoms with van der Waals surface area (Å²) in [5, 5.41) is 32.6. The van der Waals surface area contributed by atoms with Gasteiger partial charge in [-0.15, -0.1) is 0 Å². The highest BCUT2D eigenvalue weighted by Gasteiger charge is 2.58. The molecule has 5 rings (SSSR count). The Labute approximate surface area is 417 Å². The Morgan fingerprint density at radius 2 is 1.15 bits per heavy atom. The first kappa shape index (κ1) is 56.1. The molecule has 4 atom stereocenters. The van der Waals surface area contributed by atoms with Crippen molar-refractivity contribution in [1.29, 1.82) is 0 Å². The average Bonchev–Trinajstić information content (AvgIpc) is 3.76. The lowest BCUT2D eigenvalue weighted by Crippen LogP contribution is -2.68. The maximum atomic E-state index is 14.7. The van der Waals surface area contributed by atoms with E-state index >= 15 is 0 Å². The van der Waals surface area contributed by atoms with Crippen molar-refractivity contribution >= 4 is 77.4 Å². The molecule has 0 saturated carbocycles. The van der Waals surface area contributed by atoms with Crippen LogP contribution in [0.25, 0.3) is 0 Å². The molecule has 0 N–H and O–H groups in total. The number of non-ortho nitro benzene ring substituents is 3. The summed E-state index contributed by atoms with van der Waals surface area (Å²) in [5.74, 6) is -3.16. The first-order chi connectivity index (χ1) is 34.0. The Kier molecular flexibility index (Phi) is 19.9. The number of aliphatic imine (C=N–C) groups is 1. The lowest BCUT2D eigenvalue weighted by atomic mass is 9.81. The molecule has 2 aliphatic rings. The molecule has 3 aromatic carbocycles. The van der Waals surface area contributed by atoms with Crippen LogP contribution in [0.4, 0.5) is 26.7 Å². The van der Waals surface area contributed by atoms with E-state index in [0.29, 0.717) is 29.7 Å². The molecule has 24 nitrogen and oxygen atoms in total. The van der Waals surface area contributed by atoms with E-state index in [9.17, 15) is 54.3 Å². The molecule has 0 bridgehead atoms. The maximum absolute atomic E-state index is 14.7. The predicted molar refractivity (Wildman–Crippen MR) is 260 cm³/mol. The number of amides is 2. The second-order valence-corrected chi connectivity index (χ2v) is 20.6. The summed E-state index contributed by atoms with van der Waals surface area (Å²) in [7, 11) is -4.15. The number of likely N-dealkylation sites (tertiary alicyclic amines) is 2. The van der Waals surface area contributed by atoms with Crippen molar-refractivity contribution in [1.82, 2.24) is 9.80 Å². The van der Waals surface area contributed by atoms with Gasteiger partial charge >= 0.3 is 18.2 Å². The van der Waals surface area contributed by atoms with Crippen LogP contribution >= 0.6 is 19.3 Å². The second-order valence-electron chi connectivity index (χ2n) is 17.2. The number of carbonyl (C=O) groups is 5. The van der Waals surface area contributed by atoms with Gasteiger partial charge in [0.1, 0.15) is 25.9 Å². The van der Waals surface area contributed by atoms with Gasteiger partial charge in [0.25, 0.3) is 24.6 Å². The van der Waals surface area contributed by atoms with Crippen molar-refractivity contribution in [3.8, 4) is 0 Å². The van der Waals surface area contributed by atoms with Gasteiger partial charge in [-0.2, -0.15) is 4.99 Å². The van der Waals surface area contributed by atoms with Gasteiger partial charge in [-0.3, -0.25) is 44.8 Å². The monoisotopic (exact) mass is 1040 g/mol. The second kappa shape index (κ2) is 25.5. The minimum absolute atomic E-state index is 0.115. The summed E-state index contributed by atoms with van der Waals surface area (Å²) in [4.78, 5) is 107. The molecule has 2 saturated heterocycles. The van der Waals surface area contributed by atoms with Crippen LogP contribution in [0.1, 0.15) is 78.0 Å². The normalized spacial score (nSPS) is 17.2. The number of esters is 1. The molecule has 2 heterocycles. The van der Waals surface area contributed by atoms with Gasteiger partial charge < -0.3 is 37.4 Å². The molecular formula is C46H55N6O18PS. The van der Waals surface area contributed by atoms with Gasteiger partial charge in [-0.05, 0) is 108 Å². The van der Waals surface area contributed by atoms with Crippen LogP contribution in [0.5, 0.6) is 0 Å². The number of thioether (sulfide) groups is 1. The smallest absolute Gasteiger partial charge is 0.456 e. The highest BCUT2D eigenvalue weighted by molar-refractivity contribution is 8.14. The van der Waals surface area contributed by atoms with Crippen LogP contribution in [0, 0.1) is 36.3 Å². The summed E-state index contributed by atoms with van der Waals surface area (Å²) in [5.41, 5.74) is 0.314. The molecule has 0 aliphatic carbocycles. The maximum Gasteiger partial charge on any atom is 0.508 e. The van der Waals surface area contributed by atoms with Crippen molar-refractivity contribution in [3.05, 3.63) is 120 Å². The van der Waals surface area contributed by atoms with Gasteiger partial charge in [0.2, 0.25) is 11.3 Å². The number of rotatable bonds is 23. The molecule has 2 aliphatic heterocycles. The van der Waals surface area contributed by atoms with Gasteiger partial charge in [-0.1, -0.05) is 11.8 Å². The highest BCUT2D eigenvalue weighted by Crippen LogP contribution is 2.58. The largest absolute Gasteiger partial charge is 0.508 e. The average molecular weight is 1040 g/mol. The lowest BCUT2D eigenvalue weighted by molar-refractivity contribution is -0.385. The molecule has 72 heavy (non-hydrogen) atoms. The Bertz CT molecular complexity index is 2530. The summed E-state index contributed by atoms with van der Waals surface area (Å²) >= 11 is 0.966. The first-order valence-corrected chi connectivity index (χ1v) is 25.0. The third kappa shape index (κ3) is 15.6. The Morgan fingerprint density at radius 3 is 1.60 bits per heavy atom. The van der Waals surface area contributed by atoms with Crippen LogP contribution in [-0.2, 0) is 66.7 Å². The van der Waals surface area contributed by atoms with Crippen LogP contribution in [0.15, 0.2) is 77.8 Å². The Hall–Kier alpha value is -6.79. The number of hydrogen-bond acceptors (Lipinski definition) is 19. The Balaban J connectivity index is 1.41. The van der Waals surface area contributed by atoms with Crippen molar-refractivity contribution < 1.29 is 71.3 Å². The van der Waals surface area contributed by atoms with Crippen molar-refractivity contribution in [3.63, 3.8) is 0 Å². The molecule has 3 aromatic rings. The van der Waals surface area contributed by atoms with Gasteiger partial charge in [-0.25, -0.2) is 14.4 Å². The predicted octanol–water partition coefficient (Wildman–Crippen LogP) is 8.28. The molecule has 2 amide bonds. The molecule has 4 unspecified atom stereocenters. The molecular weight excluding hydrogens is 988 g/mol. The number of nitrogens with zero attached hydrogens (tertiary/aromatic N) is 6. The summed E-state index contributed by atoms with van der Waals surface area (Å²) in [6, 6.07) is 14.8. The number of ether oxygens (including phenoxy) is 4. The minimum atomic E-state index is -4.15. The third-order valence-corrected chi connectivity index (χ3v) is 14.6. The number of carbonyl (C=O) groups excluding carboxylic acids is 5. The first-order valence-electron chi connectivity index (χ1n) is 22.6. The van der Waals surface area contributed by atoms with E-state index in [1.807, 2.05) is 0 Å². The molecule has 0 radical (unpaired) electrons. The Morgan fingerprint density at radius 1 is 0.708 bits per heavy atom. The third-order valence-electron chi connectivity index (χ3n) is 10.5. The topological polar surface area (TPSA) is 298 Å². The fraction of sp³-hybridized carbons (Fsp3) is 0.457. The van der Waals surface area contributed by atoms with Crippen LogP contribution in [0.2, 0.25) is 0 Å². The number of nitro groups is 3. The van der Waals surface area contributed by atoms with Crippen molar-refractivity contribution in [2.75, 3.05) is 13.1 Å². The zero-order valence-electron chi connectivity index (χ0n) is 40.4. The summed E-state index contributed by atoms with van der Waals surface area (Å²) in [6.07, 6.45) is -4.03. The van der Waals surface area contributed by atoms with Crippen molar-refractivity contribution in [2.45, 2.75) is 117 Å². The van der Waals surface area contributed by atoms with E-state index in [2.05, 4.69) is 4.99 Å². The molecule has 0 spiro atoms. The fourth-order valence-electron chi connectivity index (χ4n) is 7.39. The van der Waals surface area contributed by atoms with E-state index in [1.165, 1.54) is 86.1 Å². The quantitative estimate of drug-likeness (QED) is 0.0126. The lowest BCUT2D eigenvalue weighted by Gasteiger charge is -2.50. The number of benzene rings is 3. The van der Waals surface area contributed by atoms with Crippen LogP contribution in [0.3, 0.4) is 0 Å². The van der Waals surface area contributed by atoms with Gasteiger partial charge in [0, 0.05) is 61.2 Å². The van der Waals surface area contributed by atoms with Gasteiger partial charge in [0.15, 0.2) is 5.12 Å². The zero-order valence-corrected chi connectivity index (χ0v) is 42.1. The molecule has 2 fully saturated rings. The van der Waals surface area contributed by atoms with E-state index < -0.39 is 106 Å². The van der Waals surface area contributed by atoms with Crippen LogP contribution in [-0.4, -0.2) is 114 Å². The molecule has 388 valence electrons. The van der Waals surface area contributed by atoms with E-state index in [0.717, 1.165) is 16.7 Å². The van der Waals surface area contributed by atoms with Crippen LogP contribution < -0.4 is 0 Å². The summed E-state index contributed by atoms with van der Waals surface area (Å²) < 4.78 is 41.1. The standard InChI is InChI=1S/C46H55N6O18PS/c1-28(2)68-71(69-29(3)4,70-30(5)6)43(44(55)64-24-32-8-14-35(15-9-32)50(58)59)49-39(41(42(49)54)31(7)67-46(57)66-26-34-12-18-37(19-13-34)52(62)63)22-40(53)72-38-20-21-48(23-38)27-47-45(56)65-25-33-10-16-36(17-11-33)51(60)61/h8-19,27-31,38-39,41H,20-26H2,1-7H3. The molecule has 26 heteroatoms.